The van der Waals surface area contributed by atoms with Gasteiger partial charge in [0.05, 0.1) is 17.7 Å². The molecule has 8 heteroatoms. The van der Waals surface area contributed by atoms with Crippen molar-refractivity contribution in [3.63, 3.8) is 0 Å². The SMILES string of the molecule is C=C(N)NCCCN[C@H]1CC[C@H](n2cc3c(nc2=O)Nc2cc(C)ccc2O3)CC1. The lowest BCUT2D eigenvalue weighted by Gasteiger charge is -2.31. The van der Waals surface area contributed by atoms with Gasteiger partial charge in [-0.3, -0.25) is 4.57 Å². The molecular weight excluding hydrogens is 380 g/mol. The van der Waals surface area contributed by atoms with Crippen LogP contribution in [0, 0.1) is 6.92 Å². The van der Waals surface area contributed by atoms with E-state index in [4.69, 9.17) is 10.5 Å². The Hall–Kier alpha value is -3.00. The Kier molecular flexibility index (Phi) is 5.94. The molecule has 0 spiro atoms. The maximum atomic E-state index is 12.7. The number of aromatic nitrogens is 2. The quantitative estimate of drug-likeness (QED) is 0.444. The lowest BCUT2D eigenvalue weighted by molar-refractivity contribution is 0.282. The molecule has 5 N–H and O–H groups in total. The Morgan fingerprint density at radius 2 is 2.10 bits per heavy atom. The average Bonchev–Trinajstić information content (AvgIpc) is 2.72. The van der Waals surface area contributed by atoms with Gasteiger partial charge in [-0.25, -0.2) is 4.79 Å². The summed E-state index contributed by atoms with van der Waals surface area (Å²) >= 11 is 0. The normalized spacial score (nSPS) is 19.8. The number of rotatable bonds is 7. The summed E-state index contributed by atoms with van der Waals surface area (Å²) in [5.41, 5.74) is 7.23. The van der Waals surface area contributed by atoms with Crippen LogP contribution >= 0.6 is 0 Å². The van der Waals surface area contributed by atoms with E-state index in [2.05, 4.69) is 27.5 Å². The fourth-order valence-corrected chi connectivity index (χ4v) is 4.16. The largest absolute Gasteiger partial charge is 0.450 e. The van der Waals surface area contributed by atoms with E-state index in [0.717, 1.165) is 62.2 Å². The van der Waals surface area contributed by atoms with Crippen LogP contribution in [0.2, 0.25) is 0 Å². The first kappa shape index (κ1) is 20.3. The maximum Gasteiger partial charge on any atom is 0.350 e. The molecule has 1 fully saturated rings. The van der Waals surface area contributed by atoms with Crippen LogP contribution in [-0.2, 0) is 0 Å². The minimum Gasteiger partial charge on any atom is -0.450 e. The first-order valence-electron chi connectivity index (χ1n) is 10.6. The molecule has 1 aliphatic heterocycles. The summed E-state index contributed by atoms with van der Waals surface area (Å²) < 4.78 is 7.76. The van der Waals surface area contributed by atoms with Gasteiger partial charge in [0, 0.05) is 18.6 Å². The number of nitrogens with one attached hydrogen (secondary N) is 3. The molecule has 0 atom stereocenters. The molecule has 0 radical (unpaired) electrons. The Balaban J connectivity index is 1.35. The van der Waals surface area contributed by atoms with Gasteiger partial charge >= 0.3 is 5.69 Å². The molecule has 1 saturated carbocycles. The number of hydrogen-bond acceptors (Lipinski definition) is 7. The number of aryl methyl sites for hydroxylation is 1. The van der Waals surface area contributed by atoms with Crippen LogP contribution in [0.3, 0.4) is 0 Å². The molecule has 2 aliphatic rings. The second-order valence-electron chi connectivity index (χ2n) is 8.14. The number of anilines is 2. The summed E-state index contributed by atoms with van der Waals surface area (Å²) in [4.78, 5) is 16.9. The fraction of sp³-hybridized carbons (Fsp3) is 0.455. The standard InChI is InChI=1S/C22H30N6O2/c1-14-4-9-19-18(12-14)26-21-20(30-19)13-28(22(29)27-21)17-7-5-16(6-8-17)25-11-3-10-24-15(2)23/h4,9,12-13,16-17,24-25H,2-3,5-8,10-11,23H2,1H3,(H,26,27,29)/t16-,17-. The minimum atomic E-state index is -0.231. The fourth-order valence-electron chi connectivity index (χ4n) is 4.16. The predicted octanol–water partition coefficient (Wildman–Crippen LogP) is 2.88. The Bertz CT molecular complexity index is 978. The van der Waals surface area contributed by atoms with E-state index in [1.165, 1.54) is 0 Å². The van der Waals surface area contributed by atoms with Gasteiger partial charge in [0.1, 0.15) is 0 Å². The van der Waals surface area contributed by atoms with Gasteiger partial charge in [0.15, 0.2) is 17.3 Å². The van der Waals surface area contributed by atoms with E-state index in [-0.39, 0.29) is 11.7 Å². The Morgan fingerprint density at radius 3 is 2.87 bits per heavy atom. The van der Waals surface area contributed by atoms with Crippen LogP contribution < -0.4 is 32.1 Å². The molecule has 8 nitrogen and oxygen atoms in total. The topological polar surface area (TPSA) is 106 Å². The van der Waals surface area contributed by atoms with Gasteiger partial charge in [-0.15, -0.1) is 0 Å². The first-order chi connectivity index (χ1) is 14.5. The minimum absolute atomic E-state index is 0.151. The number of hydrogen-bond donors (Lipinski definition) is 4. The van der Waals surface area contributed by atoms with E-state index < -0.39 is 0 Å². The van der Waals surface area contributed by atoms with E-state index in [0.29, 0.717) is 23.4 Å². The average molecular weight is 411 g/mol. The molecule has 0 amide bonds. The van der Waals surface area contributed by atoms with Gasteiger partial charge in [0.2, 0.25) is 0 Å². The monoisotopic (exact) mass is 410 g/mol. The van der Waals surface area contributed by atoms with E-state index in [9.17, 15) is 4.79 Å². The van der Waals surface area contributed by atoms with E-state index in [1.54, 1.807) is 4.57 Å². The van der Waals surface area contributed by atoms with Gasteiger partial charge in [-0.05, 0) is 63.3 Å². The first-order valence-corrected chi connectivity index (χ1v) is 10.6. The molecule has 1 aliphatic carbocycles. The summed E-state index contributed by atoms with van der Waals surface area (Å²) in [7, 11) is 0. The highest BCUT2D eigenvalue weighted by Gasteiger charge is 2.26. The second kappa shape index (κ2) is 8.79. The van der Waals surface area contributed by atoms with E-state index >= 15 is 0 Å². The molecule has 2 heterocycles. The van der Waals surface area contributed by atoms with Gasteiger partial charge in [-0.1, -0.05) is 12.6 Å². The van der Waals surface area contributed by atoms with Crippen molar-refractivity contribution in [3.05, 3.63) is 52.8 Å². The zero-order valence-electron chi connectivity index (χ0n) is 17.4. The van der Waals surface area contributed by atoms with Crippen LogP contribution in [0.1, 0.15) is 43.7 Å². The van der Waals surface area contributed by atoms with Gasteiger partial charge in [-0.2, -0.15) is 4.98 Å². The lowest BCUT2D eigenvalue weighted by atomic mass is 9.91. The third kappa shape index (κ3) is 4.59. The summed E-state index contributed by atoms with van der Waals surface area (Å²) in [6.45, 7) is 7.41. The summed E-state index contributed by atoms with van der Waals surface area (Å²) in [5, 5.41) is 9.85. The number of ether oxygens (including phenoxy) is 1. The molecule has 4 rings (SSSR count). The molecule has 1 aromatic carbocycles. The maximum absolute atomic E-state index is 12.7. The summed E-state index contributed by atoms with van der Waals surface area (Å²) in [6.07, 6.45) is 6.76. The van der Waals surface area contributed by atoms with Crippen molar-refractivity contribution in [1.29, 1.82) is 0 Å². The number of fused-ring (bicyclic) bond motifs is 2. The third-order valence-electron chi connectivity index (χ3n) is 5.75. The summed E-state index contributed by atoms with van der Waals surface area (Å²) in [6, 6.07) is 6.56. The predicted molar refractivity (Wildman–Crippen MR) is 118 cm³/mol. The van der Waals surface area contributed by atoms with E-state index in [1.807, 2.05) is 31.3 Å². The van der Waals surface area contributed by atoms with Gasteiger partial charge < -0.3 is 26.4 Å². The lowest BCUT2D eigenvalue weighted by Crippen LogP contribution is -2.37. The van der Waals surface area contributed by atoms with Crippen LogP contribution in [-0.4, -0.2) is 28.7 Å². The molecule has 2 aromatic rings. The third-order valence-corrected chi connectivity index (χ3v) is 5.75. The molecule has 0 unspecified atom stereocenters. The van der Waals surface area contributed by atoms with Crippen molar-refractivity contribution < 1.29 is 4.74 Å². The van der Waals surface area contributed by atoms with Crippen molar-refractivity contribution in [1.82, 2.24) is 20.2 Å². The van der Waals surface area contributed by atoms with Crippen LogP contribution in [0.5, 0.6) is 11.5 Å². The summed E-state index contributed by atoms with van der Waals surface area (Å²) in [5.74, 6) is 2.34. The number of nitrogens with zero attached hydrogens (tertiary/aromatic N) is 2. The number of benzene rings is 1. The zero-order valence-corrected chi connectivity index (χ0v) is 17.4. The Morgan fingerprint density at radius 1 is 1.30 bits per heavy atom. The molecule has 0 bridgehead atoms. The Labute approximate surface area is 176 Å². The van der Waals surface area contributed by atoms with Crippen LogP contribution in [0.15, 0.2) is 41.6 Å². The molecular formula is C22H30N6O2. The molecule has 160 valence electrons. The van der Waals surface area contributed by atoms with Crippen LogP contribution in [0.25, 0.3) is 0 Å². The molecule has 1 aromatic heterocycles. The highest BCUT2D eigenvalue weighted by Crippen LogP contribution is 2.41. The number of nitrogens with two attached hydrogens (primary N) is 1. The van der Waals surface area contributed by atoms with Crippen molar-refractivity contribution in [2.24, 2.45) is 5.73 Å². The highest BCUT2D eigenvalue weighted by molar-refractivity contribution is 5.72. The second-order valence-corrected chi connectivity index (χ2v) is 8.14. The molecule has 0 saturated heterocycles. The smallest absolute Gasteiger partial charge is 0.350 e. The highest BCUT2D eigenvalue weighted by atomic mass is 16.5. The van der Waals surface area contributed by atoms with Gasteiger partial charge in [0.25, 0.3) is 0 Å². The van der Waals surface area contributed by atoms with Crippen molar-refractivity contribution in [2.45, 2.75) is 51.1 Å². The molecule has 30 heavy (non-hydrogen) atoms. The van der Waals surface area contributed by atoms with Crippen molar-refractivity contribution in [3.8, 4) is 11.5 Å². The van der Waals surface area contributed by atoms with Crippen LogP contribution in [0.4, 0.5) is 11.5 Å². The van der Waals surface area contributed by atoms with Crippen molar-refractivity contribution >= 4 is 11.5 Å². The van der Waals surface area contributed by atoms with Crippen molar-refractivity contribution in [2.75, 3.05) is 18.4 Å². The zero-order chi connectivity index (χ0) is 21.1.